The van der Waals surface area contributed by atoms with E-state index in [4.69, 9.17) is 0 Å². The number of hydrogen-bond donors (Lipinski definition) is 1. The average Bonchev–Trinajstić information content (AvgIpc) is 3.12. The molecule has 4 rings (SSSR count). The van der Waals surface area contributed by atoms with E-state index in [-0.39, 0.29) is 0 Å². The molecule has 20 heavy (non-hydrogen) atoms. The summed E-state index contributed by atoms with van der Waals surface area (Å²) in [7, 11) is 0. The first-order valence-electron chi connectivity index (χ1n) is 6.72. The van der Waals surface area contributed by atoms with Crippen LogP contribution in [0.2, 0.25) is 0 Å². The van der Waals surface area contributed by atoms with E-state index in [0.717, 1.165) is 13.0 Å². The third-order valence-electron chi connectivity index (χ3n) is 3.63. The maximum atomic E-state index is 4.43. The zero-order valence-electron chi connectivity index (χ0n) is 10.9. The molecule has 3 aromatic rings. The molecule has 8 heteroatoms. The monoisotopic (exact) mass is 270 g/mol. The molecule has 0 fully saturated rings. The van der Waals surface area contributed by atoms with Gasteiger partial charge in [-0.15, -0.1) is 5.10 Å². The highest BCUT2D eigenvalue weighted by atomic mass is 15.5. The molecule has 0 aliphatic carbocycles. The number of tetrazole rings is 1. The highest BCUT2D eigenvalue weighted by Crippen LogP contribution is 2.19. The molecule has 0 saturated carbocycles. The fourth-order valence-electron chi connectivity index (χ4n) is 2.62. The Balaban J connectivity index is 1.58. The van der Waals surface area contributed by atoms with E-state index in [1.807, 2.05) is 6.20 Å². The van der Waals surface area contributed by atoms with E-state index in [9.17, 15) is 0 Å². The van der Waals surface area contributed by atoms with Crippen LogP contribution in [0, 0.1) is 0 Å². The maximum Gasteiger partial charge on any atom is 0.221 e. The van der Waals surface area contributed by atoms with Gasteiger partial charge in [0, 0.05) is 30.5 Å². The van der Waals surface area contributed by atoms with Gasteiger partial charge in [0.15, 0.2) is 5.82 Å². The number of rotatable bonds is 3. The number of fused-ring (bicyclic) bond motifs is 2. The fraction of sp³-hybridized carbons (Fsp3) is 0.417. The van der Waals surface area contributed by atoms with Crippen molar-refractivity contribution in [1.29, 1.82) is 0 Å². The second-order valence-corrected chi connectivity index (χ2v) is 4.87. The number of anilines is 1. The van der Waals surface area contributed by atoms with Crippen molar-refractivity contribution >= 4 is 11.5 Å². The molecule has 4 heterocycles. The van der Waals surface area contributed by atoms with E-state index in [1.54, 1.807) is 16.9 Å². The Kier molecular flexibility index (Phi) is 2.58. The van der Waals surface area contributed by atoms with Gasteiger partial charge in [-0.1, -0.05) is 0 Å². The third-order valence-corrected chi connectivity index (χ3v) is 3.63. The minimum absolute atomic E-state index is 0.633. The van der Waals surface area contributed by atoms with Crippen LogP contribution >= 0.6 is 0 Å². The minimum Gasteiger partial charge on any atom is -0.363 e. The molecule has 102 valence electrons. The number of aryl methyl sites for hydroxylation is 1. The summed E-state index contributed by atoms with van der Waals surface area (Å²) < 4.78 is 3.70. The summed E-state index contributed by atoms with van der Waals surface area (Å²) in [6, 6.07) is 0. The quantitative estimate of drug-likeness (QED) is 0.752. The summed E-state index contributed by atoms with van der Waals surface area (Å²) in [5, 5.41) is 19.2. The van der Waals surface area contributed by atoms with E-state index in [2.05, 4.69) is 35.6 Å². The number of aromatic nitrogens is 7. The second kappa shape index (κ2) is 4.55. The average molecular weight is 270 g/mol. The van der Waals surface area contributed by atoms with Gasteiger partial charge in [0.25, 0.3) is 0 Å². The Morgan fingerprint density at radius 2 is 2.30 bits per heavy atom. The summed E-state index contributed by atoms with van der Waals surface area (Å²) in [5.74, 6) is 0.688. The first kappa shape index (κ1) is 11.3. The lowest BCUT2D eigenvalue weighted by Gasteiger charge is -2.15. The smallest absolute Gasteiger partial charge is 0.221 e. The zero-order chi connectivity index (χ0) is 13.4. The van der Waals surface area contributed by atoms with Crippen LogP contribution in [0.3, 0.4) is 0 Å². The maximum absolute atomic E-state index is 4.43. The van der Waals surface area contributed by atoms with Gasteiger partial charge in [0.1, 0.15) is 0 Å². The molecular formula is C12H14N8. The molecule has 0 unspecified atom stereocenters. The Morgan fingerprint density at radius 3 is 3.30 bits per heavy atom. The molecule has 0 radical (unpaired) electrons. The molecule has 8 nitrogen and oxygen atoms in total. The number of nitrogens with one attached hydrogen (secondary N) is 1. The summed E-state index contributed by atoms with van der Waals surface area (Å²) in [4.78, 5) is 4.29. The van der Waals surface area contributed by atoms with Gasteiger partial charge in [-0.2, -0.15) is 9.61 Å². The molecule has 1 aliphatic rings. The van der Waals surface area contributed by atoms with Crippen molar-refractivity contribution in [2.24, 2.45) is 0 Å². The standard InChI is InChI=1S/C12H14N8/c1-2-5-19-10(3-1)9(8-15-19)7-14-11-12-16-17-18-20(12)6-4-13-11/h4,6,8H,1-3,5,7H2,(H,13,14). The highest BCUT2D eigenvalue weighted by molar-refractivity contribution is 5.60. The van der Waals surface area contributed by atoms with Crippen LogP contribution in [0.5, 0.6) is 0 Å². The normalized spacial score (nSPS) is 14.4. The van der Waals surface area contributed by atoms with Crippen LogP contribution in [0.4, 0.5) is 5.82 Å². The molecule has 0 atom stereocenters. The van der Waals surface area contributed by atoms with Crippen molar-refractivity contribution in [3.8, 4) is 0 Å². The van der Waals surface area contributed by atoms with Gasteiger partial charge in [0.2, 0.25) is 5.65 Å². The van der Waals surface area contributed by atoms with Gasteiger partial charge in [-0.3, -0.25) is 4.68 Å². The first-order valence-corrected chi connectivity index (χ1v) is 6.72. The SMILES string of the molecule is c1cn2nnnc2c(NCc2cnn3c2CCCC3)n1. The van der Waals surface area contributed by atoms with Crippen molar-refractivity contribution in [3.63, 3.8) is 0 Å². The first-order chi connectivity index (χ1) is 9.92. The lowest BCUT2D eigenvalue weighted by Crippen LogP contribution is -2.13. The van der Waals surface area contributed by atoms with Gasteiger partial charge >= 0.3 is 0 Å². The molecule has 0 bridgehead atoms. The van der Waals surface area contributed by atoms with Crippen LogP contribution < -0.4 is 5.32 Å². The summed E-state index contributed by atoms with van der Waals surface area (Å²) >= 11 is 0. The van der Waals surface area contributed by atoms with Crippen LogP contribution in [-0.4, -0.2) is 34.8 Å². The minimum atomic E-state index is 0.633. The number of hydrogen-bond acceptors (Lipinski definition) is 6. The van der Waals surface area contributed by atoms with Crippen LogP contribution in [0.15, 0.2) is 18.6 Å². The van der Waals surface area contributed by atoms with Gasteiger partial charge in [0.05, 0.1) is 12.4 Å². The molecule has 3 aromatic heterocycles. The fourth-order valence-corrected chi connectivity index (χ4v) is 2.62. The lowest BCUT2D eigenvalue weighted by molar-refractivity contribution is 0.484. The molecule has 0 aromatic carbocycles. The lowest BCUT2D eigenvalue weighted by atomic mass is 10.1. The molecular weight excluding hydrogens is 256 g/mol. The zero-order valence-corrected chi connectivity index (χ0v) is 10.9. The molecule has 1 aliphatic heterocycles. The van der Waals surface area contributed by atoms with Crippen molar-refractivity contribution in [2.75, 3.05) is 5.32 Å². The van der Waals surface area contributed by atoms with Gasteiger partial charge in [-0.05, 0) is 29.7 Å². The van der Waals surface area contributed by atoms with E-state index in [0.29, 0.717) is 18.0 Å². The summed E-state index contributed by atoms with van der Waals surface area (Å²) in [6.45, 7) is 1.71. The molecule has 0 amide bonds. The predicted octanol–water partition coefficient (Wildman–Crippen LogP) is 0.664. The largest absolute Gasteiger partial charge is 0.363 e. The van der Waals surface area contributed by atoms with Crippen molar-refractivity contribution in [3.05, 3.63) is 29.8 Å². The number of nitrogens with zero attached hydrogens (tertiary/aromatic N) is 7. The van der Waals surface area contributed by atoms with Crippen molar-refractivity contribution in [2.45, 2.75) is 32.4 Å². The Bertz CT molecular complexity index is 743. The molecule has 1 N–H and O–H groups in total. The Labute approximate surface area is 114 Å². The van der Waals surface area contributed by atoms with Crippen LogP contribution in [0.25, 0.3) is 5.65 Å². The van der Waals surface area contributed by atoms with Crippen LogP contribution in [0.1, 0.15) is 24.1 Å². The van der Waals surface area contributed by atoms with Crippen molar-refractivity contribution < 1.29 is 0 Å². The molecule has 0 spiro atoms. The Morgan fingerprint density at radius 1 is 1.30 bits per heavy atom. The van der Waals surface area contributed by atoms with Gasteiger partial charge < -0.3 is 5.32 Å². The van der Waals surface area contributed by atoms with Gasteiger partial charge in [-0.25, -0.2) is 4.98 Å². The predicted molar refractivity (Wildman–Crippen MR) is 71.1 cm³/mol. The molecule has 0 saturated heterocycles. The topological polar surface area (TPSA) is 85.8 Å². The summed E-state index contributed by atoms with van der Waals surface area (Å²) in [5.41, 5.74) is 3.19. The van der Waals surface area contributed by atoms with Crippen LogP contribution in [-0.2, 0) is 19.5 Å². The summed E-state index contributed by atoms with van der Waals surface area (Å²) in [6.07, 6.45) is 8.90. The van der Waals surface area contributed by atoms with E-state index < -0.39 is 0 Å². The third kappa shape index (κ3) is 1.80. The van der Waals surface area contributed by atoms with Crippen molar-refractivity contribution in [1.82, 2.24) is 34.8 Å². The van der Waals surface area contributed by atoms with E-state index in [1.165, 1.54) is 24.1 Å². The highest BCUT2D eigenvalue weighted by Gasteiger charge is 2.15. The second-order valence-electron chi connectivity index (χ2n) is 4.87. The Hall–Kier alpha value is -2.51. The van der Waals surface area contributed by atoms with E-state index >= 15 is 0 Å².